The Morgan fingerprint density at radius 3 is 2.42 bits per heavy atom. The number of aromatic amines is 1. The van der Waals surface area contributed by atoms with Gasteiger partial charge in [0.15, 0.2) is 0 Å². The molecule has 1 aromatic heterocycles. The number of rotatable bonds is 10. The van der Waals surface area contributed by atoms with E-state index in [-0.39, 0.29) is 29.9 Å². The Hall–Kier alpha value is -3.63. The minimum atomic E-state index is -1.04. The van der Waals surface area contributed by atoms with Gasteiger partial charge in [-0.15, -0.1) is 0 Å². The molecule has 3 amide bonds. The van der Waals surface area contributed by atoms with E-state index in [0.717, 1.165) is 29.3 Å². The molecule has 4 N–H and O–H groups in total. The summed E-state index contributed by atoms with van der Waals surface area (Å²) in [6, 6.07) is 15.5. The van der Waals surface area contributed by atoms with E-state index < -0.39 is 36.5 Å². The molecule has 45 heavy (non-hydrogen) atoms. The zero-order valence-electron chi connectivity index (χ0n) is 27.1. The van der Waals surface area contributed by atoms with E-state index >= 15 is 0 Å². The molecule has 3 aromatic rings. The van der Waals surface area contributed by atoms with E-state index in [2.05, 4.69) is 55.6 Å². The molecule has 0 spiro atoms. The Labute approximate surface area is 265 Å². The Kier molecular flexibility index (Phi) is 8.33. The summed E-state index contributed by atoms with van der Waals surface area (Å²) in [6.07, 6.45) is 2.71. The molecular formula is C35H45BN4O5. The van der Waals surface area contributed by atoms with Gasteiger partial charge in [0.25, 0.3) is 11.8 Å². The van der Waals surface area contributed by atoms with Crippen molar-refractivity contribution in [3.8, 4) is 0 Å². The first-order valence-corrected chi connectivity index (χ1v) is 16.2. The van der Waals surface area contributed by atoms with Crippen LogP contribution in [0.5, 0.6) is 0 Å². The van der Waals surface area contributed by atoms with Gasteiger partial charge in [0.2, 0.25) is 5.91 Å². The molecule has 238 valence electrons. The molecule has 2 heterocycles. The van der Waals surface area contributed by atoms with Gasteiger partial charge in [0, 0.05) is 23.0 Å². The molecule has 4 aliphatic rings. The van der Waals surface area contributed by atoms with Gasteiger partial charge in [-0.1, -0.05) is 63.6 Å². The fourth-order valence-corrected chi connectivity index (χ4v) is 7.74. The van der Waals surface area contributed by atoms with Crippen LogP contribution in [-0.4, -0.2) is 60.1 Å². The van der Waals surface area contributed by atoms with E-state index in [4.69, 9.17) is 9.31 Å². The van der Waals surface area contributed by atoms with Crippen molar-refractivity contribution in [3.05, 3.63) is 71.4 Å². The summed E-state index contributed by atoms with van der Waals surface area (Å²) in [5.41, 5.74) is 2.46. The summed E-state index contributed by atoms with van der Waals surface area (Å²) in [7, 11) is -0.603. The maximum Gasteiger partial charge on any atom is 0.481 e. The topological polar surface area (TPSA) is 122 Å². The van der Waals surface area contributed by atoms with Gasteiger partial charge in [-0.3, -0.25) is 14.4 Å². The zero-order valence-corrected chi connectivity index (χ0v) is 27.1. The van der Waals surface area contributed by atoms with Gasteiger partial charge in [-0.25, -0.2) is 0 Å². The standard InChI is InChI=1S/C35H45BN4O5/c1-20(2)15-30(36-44-29-18-24-17-28(34(24,4)5)35(29,6)45-36)40-33(43)27(19-37-31(41)22-13-11-21(3)12-14-22)39-32(42)26-16-23-9-7-8-10-25(23)38-26/h7-14,16,20,24,27-30,38H,15,17-19H2,1-6H3,(H,37,41)(H,39,42)(H,40,43)/t24-,27-,28-,29+,30-,35-/m0/s1. The second-order valence-electron chi connectivity index (χ2n) is 14.5. The lowest BCUT2D eigenvalue weighted by molar-refractivity contribution is -0.199. The number of H-pyrrole nitrogens is 1. The summed E-state index contributed by atoms with van der Waals surface area (Å²) in [5, 5.41) is 9.75. The molecule has 9 nitrogen and oxygen atoms in total. The first-order valence-electron chi connectivity index (χ1n) is 16.2. The molecule has 3 saturated carbocycles. The third-order valence-electron chi connectivity index (χ3n) is 10.5. The normalized spacial score (nSPS) is 26.1. The molecule has 0 unspecified atom stereocenters. The third-order valence-corrected chi connectivity index (χ3v) is 10.5. The van der Waals surface area contributed by atoms with Gasteiger partial charge < -0.3 is 30.2 Å². The number of fused-ring (bicyclic) bond motifs is 1. The zero-order chi connectivity index (χ0) is 32.1. The SMILES string of the molecule is Cc1ccc(C(=O)NC[C@H](NC(=O)c2cc3ccccc3[nH]2)C(=O)N[C@@H](CC(C)C)B2O[C@@H]3C[C@@H]4C[C@@H](C4(C)C)[C@]3(C)O2)cc1. The van der Waals surface area contributed by atoms with Crippen LogP contribution in [0.1, 0.15) is 80.3 Å². The number of benzene rings is 2. The summed E-state index contributed by atoms with van der Waals surface area (Å²) in [4.78, 5) is 43.5. The van der Waals surface area contributed by atoms with E-state index in [1.54, 1.807) is 18.2 Å². The number of para-hydroxylation sites is 1. The monoisotopic (exact) mass is 612 g/mol. The van der Waals surface area contributed by atoms with Crippen LogP contribution in [-0.2, 0) is 14.1 Å². The summed E-state index contributed by atoms with van der Waals surface area (Å²) >= 11 is 0. The van der Waals surface area contributed by atoms with E-state index in [1.165, 1.54) is 0 Å². The summed E-state index contributed by atoms with van der Waals surface area (Å²) < 4.78 is 13.3. The summed E-state index contributed by atoms with van der Waals surface area (Å²) in [5.74, 6) is -0.343. The van der Waals surface area contributed by atoms with E-state index in [1.807, 2.05) is 43.3 Å². The molecule has 2 aromatic carbocycles. The van der Waals surface area contributed by atoms with Crippen LogP contribution in [0.3, 0.4) is 0 Å². The van der Waals surface area contributed by atoms with Crippen LogP contribution in [0.2, 0.25) is 0 Å². The fourth-order valence-electron chi connectivity index (χ4n) is 7.74. The predicted octanol–water partition coefficient (Wildman–Crippen LogP) is 4.80. The Bertz CT molecular complexity index is 1550. The van der Waals surface area contributed by atoms with E-state index in [0.29, 0.717) is 29.5 Å². The molecule has 0 radical (unpaired) electrons. The van der Waals surface area contributed by atoms with Crippen molar-refractivity contribution in [2.75, 3.05) is 6.54 Å². The van der Waals surface area contributed by atoms with Crippen molar-refractivity contribution >= 4 is 35.7 Å². The Balaban J connectivity index is 1.20. The molecule has 1 aliphatic heterocycles. The van der Waals surface area contributed by atoms with Crippen molar-refractivity contribution in [3.63, 3.8) is 0 Å². The number of nitrogens with one attached hydrogen (secondary N) is 4. The van der Waals surface area contributed by atoms with Crippen LogP contribution in [0.25, 0.3) is 10.9 Å². The Morgan fingerprint density at radius 2 is 1.73 bits per heavy atom. The first-order chi connectivity index (χ1) is 21.3. The second kappa shape index (κ2) is 12.0. The van der Waals surface area contributed by atoms with Gasteiger partial charge >= 0.3 is 7.12 Å². The minimum Gasteiger partial charge on any atom is -0.404 e. The van der Waals surface area contributed by atoms with Crippen LogP contribution in [0, 0.1) is 30.1 Å². The predicted molar refractivity (Wildman–Crippen MR) is 175 cm³/mol. The molecule has 6 atom stereocenters. The van der Waals surface area contributed by atoms with Crippen molar-refractivity contribution < 1.29 is 23.7 Å². The van der Waals surface area contributed by atoms with Gasteiger partial charge in [-0.05, 0) is 80.5 Å². The molecule has 3 aliphatic carbocycles. The van der Waals surface area contributed by atoms with E-state index in [9.17, 15) is 14.4 Å². The largest absolute Gasteiger partial charge is 0.481 e. The number of aromatic nitrogens is 1. The average molecular weight is 613 g/mol. The smallest absolute Gasteiger partial charge is 0.404 e. The molecule has 2 bridgehead atoms. The third kappa shape index (κ3) is 6.02. The van der Waals surface area contributed by atoms with Crippen LogP contribution in [0.4, 0.5) is 0 Å². The fraction of sp³-hybridized carbons (Fsp3) is 0.514. The minimum absolute atomic E-state index is 0.0165. The number of aryl methyl sites for hydroxylation is 1. The number of amides is 3. The molecule has 4 fully saturated rings. The van der Waals surface area contributed by atoms with Crippen molar-refractivity contribution in [1.29, 1.82) is 0 Å². The van der Waals surface area contributed by atoms with Gasteiger partial charge in [0.1, 0.15) is 11.7 Å². The number of hydrogen-bond donors (Lipinski definition) is 4. The second-order valence-corrected chi connectivity index (χ2v) is 14.5. The van der Waals surface area contributed by atoms with Gasteiger partial charge in [-0.2, -0.15) is 0 Å². The highest BCUT2D eigenvalue weighted by atomic mass is 16.7. The average Bonchev–Trinajstić information content (AvgIpc) is 3.59. The Morgan fingerprint density at radius 1 is 1.00 bits per heavy atom. The first kappa shape index (κ1) is 31.4. The molecular weight excluding hydrogens is 567 g/mol. The highest BCUT2D eigenvalue weighted by Crippen LogP contribution is 2.65. The lowest BCUT2D eigenvalue weighted by Gasteiger charge is -2.64. The van der Waals surface area contributed by atoms with Crippen molar-refractivity contribution in [1.82, 2.24) is 20.9 Å². The molecule has 10 heteroatoms. The van der Waals surface area contributed by atoms with Crippen LogP contribution >= 0.6 is 0 Å². The van der Waals surface area contributed by atoms with Crippen molar-refractivity contribution in [2.45, 2.75) is 84.5 Å². The van der Waals surface area contributed by atoms with Crippen molar-refractivity contribution in [2.24, 2.45) is 23.2 Å². The highest BCUT2D eigenvalue weighted by Gasteiger charge is 2.68. The number of hydrogen-bond acceptors (Lipinski definition) is 5. The molecule has 1 saturated heterocycles. The summed E-state index contributed by atoms with van der Waals surface area (Å²) in [6.45, 7) is 12.9. The number of carbonyl (C=O) groups is 3. The lowest BCUT2D eigenvalue weighted by atomic mass is 9.43. The maximum absolute atomic E-state index is 14.0. The maximum atomic E-state index is 14.0. The molecule has 7 rings (SSSR count). The lowest BCUT2D eigenvalue weighted by Crippen LogP contribution is -2.65. The quantitative estimate of drug-likeness (QED) is 0.245. The highest BCUT2D eigenvalue weighted by molar-refractivity contribution is 6.48. The van der Waals surface area contributed by atoms with Gasteiger partial charge in [0.05, 0.1) is 17.6 Å². The van der Waals surface area contributed by atoms with Crippen LogP contribution < -0.4 is 16.0 Å². The number of carbonyl (C=O) groups excluding carboxylic acids is 3. The van der Waals surface area contributed by atoms with Crippen LogP contribution in [0.15, 0.2) is 54.6 Å².